The number of halogens is 1. The number of rotatable bonds is 5. The molecule has 1 N–H and O–H groups in total. The van der Waals surface area contributed by atoms with E-state index >= 15 is 0 Å². The summed E-state index contributed by atoms with van der Waals surface area (Å²) < 4.78 is 29.4. The van der Waals surface area contributed by atoms with Crippen molar-refractivity contribution in [1.82, 2.24) is 14.3 Å². The minimum absolute atomic E-state index is 0.314. The lowest BCUT2D eigenvalue weighted by Crippen LogP contribution is -2.25. The molecule has 0 radical (unpaired) electrons. The molecule has 0 aliphatic rings. The molecular weight excluding hydrogens is 338 g/mol. The number of nitrogens with one attached hydrogen (secondary N) is 1. The molecular formula is C10H12BrN3O2S2. The summed E-state index contributed by atoms with van der Waals surface area (Å²) in [4.78, 5) is 4.14. The number of hydrogen-bond donors (Lipinski definition) is 1. The minimum Gasteiger partial charge on any atom is -0.338 e. The van der Waals surface area contributed by atoms with E-state index in [9.17, 15) is 8.42 Å². The topological polar surface area (TPSA) is 64.0 Å². The summed E-state index contributed by atoms with van der Waals surface area (Å²) >= 11 is 4.44. The molecule has 2 aromatic rings. The number of nitrogens with zero attached hydrogens (tertiary/aromatic N) is 2. The summed E-state index contributed by atoms with van der Waals surface area (Å²) in [5.41, 5.74) is 0. The van der Waals surface area contributed by atoms with E-state index in [0.717, 1.165) is 9.61 Å². The van der Waals surface area contributed by atoms with Crippen molar-refractivity contribution in [1.29, 1.82) is 0 Å². The lowest BCUT2D eigenvalue weighted by atomic mass is 10.4. The first-order chi connectivity index (χ1) is 8.49. The molecule has 5 nitrogen and oxygen atoms in total. The van der Waals surface area contributed by atoms with Crippen molar-refractivity contribution in [3.8, 4) is 0 Å². The minimum atomic E-state index is -3.40. The van der Waals surface area contributed by atoms with E-state index < -0.39 is 10.0 Å². The molecule has 98 valence electrons. The number of aryl methyl sites for hydroxylation is 1. The van der Waals surface area contributed by atoms with Gasteiger partial charge in [-0.05, 0) is 28.1 Å². The Bertz CT molecular complexity index is 633. The maximum absolute atomic E-state index is 11.9. The molecule has 0 atom stereocenters. The van der Waals surface area contributed by atoms with Crippen LogP contribution in [-0.4, -0.2) is 24.5 Å². The number of aromatic nitrogens is 2. The van der Waals surface area contributed by atoms with Crippen LogP contribution < -0.4 is 4.72 Å². The molecule has 2 heterocycles. The van der Waals surface area contributed by atoms with Gasteiger partial charge < -0.3 is 4.57 Å². The van der Waals surface area contributed by atoms with Gasteiger partial charge in [-0.15, -0.1) is 11.3 Å². The Kier molecular flexibility index (Phi) is 4.21. The van der Waals surface area contributed by atoms with Crippen molar-refractivity contribution in [2.24, 2.45) is 7.05 Å². The SMILES string of the molecule is Cn1ccnc1CCNS(=O)(=O)c1ccc(Br)s1. The Morgan fingerprint density at radius 1 is 1.50 bits per heavy atom. The Morgan fingerprint density at radius 2 is 2.28 bits per heavy atom. The van der Waals surface area contributed by atoms with Gasteiger partial charge in [0.25, 0.3) is 0 Å². The van der Waals surface area contributed by atoms with Gasteiger partial charge in [0, 0.05) is 32.4 Å². The Balaban J connectivity index is 1.96. The first kappa shape index (κ1) is 13.7. The van der Waals surface area contributed by atoms with Gasteiger partial charge in [-0.3, -0.25) is 0 Å². The fourth-order valence-corrected chi connectivity index (χ4v) is 4.53. The summed E-state index contributed by atoms with van der Waals surface area (Å²) in [6.07, 6.45) is 4.09. The number of hydrogen-bond acceptors (Lipinski definition) is 4. The van der Waals surface area contributed by atoms with Crippen LogP contribution in [0.2, 0.25) is 0 Å². The Hall–Kier alpha value is -0.700. The zero-order valence-electron chi connectivity index (χ0n) is 9.63. The summed E-state index contributed by atoms with van der Waals surface area (Å²) in [6.45, 7) is 0.336. The summed E-state index contributed by atoms with van der Waals surface area (Å²) in [7, 11) is -1.52. The van der Waals surface area contributed by atoms with Gasteiger partial charge >= 0.3 is 0 Å². The predicted molar refractivity (Wildman–Crippen MR) is 74.1 cm³/mol. The molecule has 0 saturated heterocycles. The molecule has 0 spiro atoms. The molecule has 0 unspecified atom stereocenters. The highest BCUT2D eigenvalue weighted by molar-refractivity contribution is 9.11. The number of thiophene rings is 1. The van der Waals surface area contributed by atoms with Crippen LogP contribution in [0, 0.1) is 0 Å². The van der Waals surface area contributed by atoms with Crippen LogP contribution in [0.25, 0.3) is 0 Å². The van der Waals surface area contributed by atoms with Crippen molar-refractivity contribution in [2.45, 2.75) is 10.6 Å². The van der Waals surface area contributed by atoms with Gasteiger partial charge in [0.05, 0.1) is 3.79 Å². The monoisotopic (exact) mass is 349 g/mol. The van der Waals surface area contributed by atoms with E-state index in [1.54, 1.807) is 18.3 Å². The fraction of sp³-hybridized carbons (Fsp3) is 0.300. The maximum atomic E-state index is 11.9. The lowest BCUT2D eigenvalue weighted by Gasteiger charge is -2.04. The smallest absolute Gasteiger partial charge is 0.250 e. The molecule has 0 aromatic carbocycles. The van der Waals surface area contributed by atoms with Gasteiger partial charge in [0.1, 0.15) is 10.0 Å². The first-order valence-electron chi connectivity index (χ1n) is 5.20. The number of sulfonamides is 1. The molecule has 18 heavy (non-hydrogen) atoms. The van der Waals surface area contributed by atoms with Crippen LogP contribution in [0.5, 0.6) is 0 Å². The van der Waals surface area contributed by atoms with Crippen molar-refractivity contribution >= 4 is 37.3 Å². The molecule has 0 amide bonds. The fourth-order valence-electron chi connectivity index (χ4n) is 1.45. The van der Waals surface area contributed by atoms with Gasteiger partial charge in [0.2, 0.25) is 10.0 Å². The zero-order chi connectivity index (χ0) is 13.2. The zero-order valence-corrected chi connectivity index (χ0v) is 12.8. The van der Waals surface area contributed by atoms with E-state index in [1.807, 2.05) is 17.8 Å². The van der Waals surface area contributed by atoms with Crippen molar-refractivity contribution in [3.63, 3.8) is 0 Å². The molecule has 0 fully saturated rings. The summed E-state index contributed by atoms with van der Waals surface area (Å²) in [6, 6.07) is 3.30. The standard InChI is InChI=1S/C10H12BrN3O2S2/c1-14-7-6-12-9(14)4-5-13-18(15,16)10-3-2-8(11)17-10/h2-3,6-7,13H,4-5H2,1H3. The molecule has 0 aliphatic carbocycles. The van der Waals surface area contributed by atoms with E-state index in [-0.39, 0.29) is 0 Å². The van der Waals surface area contributed by atoms with Gasteiger partial charge in [-0.2, -0.15) is 0 Å². The quantitative estimate of drug-likeness (QED) is 0.894. The molecule has 0 saturated carbocycles. The van der Waals surface area contributed by atoms with Crippen LogP contribution in [0.3, 0.4) is 0 Å². The molecule has 2 aromatic heterocycles. The van der Waals surface area contributed by atoms with Crippen molar-refractivity contribution < 1.29 is 8.42 Å². The second kappa shape index (κ2) is 5.52. The summed E-state index contributed by atoms with van der Waals surface area (Å²) in [5.74, 6) is 0.852. The number of imidazole rings is 1. The third kappa shape index (κ3) is 3.19. The van der Waals surface area contributed by atoms with Crippen molar-refractivity contribution in [2.75, 3.05) is 6.54 Å². The maximum Gasteiger partial charge on any atom is 0.250 e. The molecule has 0 bridgehead atoms. The second-order valence-corrected chi connectivity index (χ2v) is 8.12. The second-order valence-electron chi connectivity index (χ2n) is 3.66. The highest BCUT2D eigenvalue weighted by Gasteiger charge is 2.15. The third-order valence-corrected chi connectivity index (χ3v) is 5.95. The van der Waals surface area contributed by atoms with E-state index in [1.165, 1.54) is 11.3 Å². The average molecular weight is 350 g/mol. The van der Waals surface area contributed by atoms with E-state index in [2.05, 4.69) is 25.6 Å². The normalized spacial score (nSPS) is 11.9. The van der Waals surface area contributed by atoms with Gasteiger partial charge in [-0.1, -0.05) is 0 Å². The third-order valence-electron chi connectivity index (χ3n) is 2.38. The molecule has 8 heteroatoms. The first-order valence-corrected chi connectivity index (χ1v) is 8.29. The van der Waals surface area contributed by atoms with E-state index in [4.69, 9.17) is 0 Å². The van der Waals surface area contributed by atoms with Crippen LogP contribution in [0.15, 0.2) is 32.5 Å². The predicted octanol–water partition coefficient (Wildman–Crippen LogP) is 1.77. The van der Waals surface area contributed by atoms with Crippen molar-refractivity contribution in [3.05, 3.63) is 34.1 Å². The highest BCUT2D eigenvalue weighted by Crippen LogP contribution is 2.25. The average Bonchev–Trinajstić information content (AvgIpc) is 2.89. The molecule has 2 rings (SSSR count). The van der Waals surface area contributed by atoms with Gasteiger partial charge in [-0.25, -0.2) is 18.1 Å². The Labute approximate surface area is 118 Å². The van der Waals surface area contributed by atoms with Gasteiger partial charge in [0.15, 0.2) is 0 Å². The Morgan fingerprint density at radius 3 is 2.83 bits per heavy atom. The largest absolute Gasteiger partial charge is 0.338 e. The highest BCUT2D eigenvalue weighted by atomic mass is 79.9. The summed E-state index contributed by atoms with van der Waals surface area (Å²) in [5, 5.41) is 0. The van der Waals surface area contributed by atoms with Crippen LogP contribution in [0.4, 0.5) is 0 Å². The molecule has 0 aliphatic heterocycles. The van der Waals surface area contributed by atoms with E-state index in [0.29, 0.717) is 17.2 Å². The van der Waals surface area contributed by atoms with Crippen LogP contribution >= 0.6 is 27.3 Å². The lowest BCUT2D eigenvalue weighted by molar-refractivity contribution is 0.582. The van der Waals surface area contributed by atoms with Crippen LogP contribution in [-0.2, 0) is 23.5 Å². The van der Waals surface area contributed by atoms with Crippen LogP contribution in [0.1, 0.15) is 5.82 Å².